The van der Waals surface area contributed by atoms with Crippen LogP contribution in [0.1, 0.15) is 54.4 Å². The topological polar surface area (TPSA) is 38.7 Å². The van der Waals surface area contributed by atoms with Gasteiger partial charge < -0.3 is 14.0 Å². The van der Waals surface area contributed by atoms with Gasteiger partial charge in [0, 0.05) is 12.8 Å². The molecule has 1 aliphatic rings. The molecule has 3 nitrogen and oxygen atoms in total. The van der Waals surface area contributed by atoms with Crippen molar-refractivity contribution in [3.8, 4) is 0 Å². The average Bonchev–Trinajstić information content (AvgIpc) is 2.31. The quantitative estimate of drug-likeness (QED) is 0.524. The van der Waals surface area contributed by atoms with Crippen molar-refractivity contribution < 1.29 is 14.0 Å². The molecule has 0 aromatic rings. The summed E-state index contributed by atoms with van der Waals surface area (Å²) in [4.78, 5) is 0. The minimum atomic E-state index is -1.90. The van der Waals surface area contributed by atoms with E-state index in [4.69, 9.17) is 8.85 Å². The molecular formula is C19H40O3Si2. The predicted octanol–water partition coefficient (Wildman–Crippen LogP) is 5.48. The molecule has 0 unspecified atom stereocenters. The van der Waals surface area contributed by atoms with Crippen LogP contribution < -0.4 is 0 Å². The number of hydrogen-bond donors (Lipinski definition) is 1. The van der Waals surface area contributed by atoms with Crippen molar-refractivity contribution in [2.45, 2.75) is 109 Å². The van der Waals surface area contributed by atoms with E-state index < -0.39 is 16.6 Å². The third-order valence-electron chi connectivity index (χ3n) is 6.29. The largest absolute Gasteiger partial charge is 0.410 e. The average molecular weight is 373 g/mol. The molecule has 24 heavy (non-hydrogen) atoms. The normalized spacial score (nSPS) is 27.5. The van der Waals surface area contributed by atoms with E-state index in [1.54, 1.807) is 0 Å². The van der Waals surface area contributed by atoms with E-state index in [0.717, 1.165) is 5.57 Å². The van der Waals surface area contributed by atoms with Gasteiger partial charge in [0.15, 0.2) is 16.6 Å². The second kappa shape index (κ2) is 6.99. The van der Waals surface area contributed by atoms with Crippen LogP contribution in [0.25, 0.3) is 0 Å². The lowest BCUT2D eigenvalue weighted by Gasteiger charge is -2.46. The first kappa shape index (κ1) is 22.1. The van der Waals surface area contributed by atoms with E-state index in [2.05, 4.69) is 74.3 Å². The Morgan fingerprint density at radius 1 is 0.833 bits per heavy atom. The van der Waals surface area contributed by atoms with Gasteiger partial charge >= 0.3 is 0 Å². The van der Waals surface area contributed by atoms with Gasteiger partial charge in [-0.15, -0.1) is 0 Å². The SMILES string of the molecule is C=C1[C@H](O[Si](C)(C)C(C)(C)C)CC(O)C[C@H]1O[Si](C)(C)C(C)(C)C. The molecule has 1 fully saturated rings. The van der Waals surface area contributed by atoms with Crippen LogP contribution >= 0.6 is 0 Å². The summed E-state index contributed by atoms with van der Waals surface area (Å²) in [6.45, 7) is 26.8. The van der Waals surface area contributed by atoms with Crippen LogP contribution in [0.3, 0.4) is 0 Å². The highest BCUT2D eigenvalue weighted by molar-refractivity contribution is 6.74. The molecule has 1 N–H and O–H groups in total. The highest BCUT2D eigenvalue weighted by Gasteiger charge is 2.45. The second-order valence-electron chi connectivity index (χ2n) is 10.4. The minimum absolute atomic E-state index is 0.0931. The molecule has 1 rings (SSSR count). The van der Waals surface area contributed by atoms with Crippen LogP contribution in [0.4, 0.5) is 0 Å². The monoisotopic (exact) mass is 372 g/mol. The number of rotatable bonds is 4. The van der Waals surface area contributed by atoms with Crippen molar-refractivity contribution in [1.29, 1.82) is 0 Å². The zero-order valence-corrected chi connectivity index (χ0v) is 19.6. The standard InChI is InChI=1S/C19H40O3Si2/c1-14-16(21-23(8,9)18(2,3)4)12-15(20)13-17(14)22-24(10,11)19(5,6)7/h15-17,20H,1,12-13H2,2-11H3/t16-,17-/m1/s1. The maximum absolute atomic E-state index is 10.4. The Hall–Kier alpha value is 0.0538. The molecule has 0 aromatic carbocycles. The van der Waals surface area contributed by atoms with E-state index in [1.165, 1.54) is 0 Å². The lowest BCUT2D eigenvalue weighted by molar-refractivity contribution is 0.0252. The summed E-state index contributed by atoms with van der Waals surface area (Å²) in [6.07, 6.45) is 0.722. The summed E-state index contributed by atoms with van der Waals surface area (Å²) in [5, 5.41) is 10.7. The Balaban J connectivity index is 2.94. The molecule has 142 valence electrons. The van der Waals surface area contributed by atoms with Crippen LogP contribution in [-0.4, -0.2) is 40.1 Å². The Morgan fingerprint density at radius 3 is 1.38 bits per heavy atom. The highest BCUT2D eigenvalue weighted by Crippen LogP contribution is 2.43. The lowest BCUT2D eigenvalue weighted by atomic mass is 9.89. The van der Waals surface area contributed by atoms with Gasteiger partial charge in [-0.25, -0.2) is 0 Å². The molecule has 2 atom stereocenters. The van der Waals surface area contributed by atoms with Crippen molar-refractivity contribution in [3.63, 3.8) is 0 Å². The second-order valence-corrected chi connectivity index (χ2v) is 19.9. The molecule has 0 aliphatic heterocycles. The number of aliphatic hydroxyl groups is 1. The van der Waals surface area contributed by atoms with Crippen molar-refractivity contribution in [3.05, 3.63) is 12.2 Å². The molecule has 0 bridgehead atoms. The van der Waals surface area contributed by atoms with Gasteiger partial charge in [-0.1, -0.05) is 48.1 Å². The third kappa shape index (κ3) is 5.04. The molecule has 0 radical (unpaired) electrons. The van der Waals surface area contributed by atoms with Gasteiger partial charge in [0.05, 0.1) is 18.3 Å². The Kier molecular flexibility index (Phi) is 6.43. The van der Waals surface area contributed by atoms with Crippen LogP contribution in [0.15, 0.2) is 12.2 Å². The molecule has 0 heterocycles. The van der Waals surface area contributed by atoms with Crippen LogP contribution in [0.2, 0.25) is 36.3 Å². The summed E-state index contributed by atoms with van der Waals surface area (Å²) in [7, 11) is -3.81. The molecule has 1 aliphatic carbocycles. The van der Waals surface area contributed by atoms with Crippen molar-refractivity contribution in [2.75, 3.05) is 0 Å². The fourth-order valence-electron chi connectivity index (χ4n) is 2.41. The van der Waals surface area contributed by atoms with Gasteiger partial charge in [-0.05, 0) is 41.8 Å². The smallest absolute Gasteiger partial charge is 0.192 e. The molecular weight excluding hydrogens is 332 g/mol. The first-order valence-corrected chi connectivity index (χ1v) is 15.0. The maximum Gasteiger partial charge on any atom is 0.192 e. The Bertz CT molecular complexity index is 418. The molecule has 0 aromatic heterocycles. The third-order valence-corrected chi connectivity index (χ3v) is 15.3. The van der Waals surface area contributed by atoms with Gasteiger partial charge in [-0.3, -0.25) is 0 Å². The minimum Gasteiger partial charge on any atom is -0.410 e. The van der Waals surface area contributed by atoms with E-state index in [-0.39, 0.29) is 28.4 Å². The van der Waals surface area contributed by atoms with E-state index in [0.29, 0.717) is 12.8 Å². The molecule has 1 saturated carbocycles. The maximum atomic E-state index is 10.4. The number of aliphatic hydroxyl groups excluding tert-OH is 1. The summed E-state index contributed by atoms with van der Waals surface area (Å²) in [5.74, 6) is 0. The van der Waals surface area contributed by atoms with Gasteiger partial charge in [0.2, 0.25) is 0 Å². The zero-order valence-electron chi connectivity index (χ0n) is 17.6. The van der Waals surface area contributed by atoms with Crippen molar-refractivity contribution >= 4 is 16.6 Å². The Morgan fingerprint density at radius 2 is 1.12 bits per heavy atom. The Labute approximate surface area is 152 Å². The molecule has 0 amide bonds. The van der Waals surface area contributed by atoms with Crippen molar-refractivity contribution in [1.82, 2.24) is 0 Å². The van der Waals surface area contributed by atoms with Crippen LogP contribution in [0, 0.1) is 0 Å². The molecule has 5 heteroatoms. The number of hydrogen-bond acceptors (Lipinski definition) is 3. The van der Waals surface area contributed by atoms with Crippen LogP contribution in [0.5, 0.6) is 0 Å². The fraction of sp³-hybridized carbons (Fsp3) is 0.895. The van der Waals surface area contributed by atoms with Gasteiger partial charge in [0.1, 0.15) is 0 Å². The molecule has 0 saturated heterocycles. The zero-order chi connectivity index (χ0) is 19.1. The van der Waals surface area contributed by atoms with E-state index in [9.17, 15) is 5.11 Å². The van der Waals surface area contributed by atoms with Gasteiger partial charge in [0.25, 0.3) is 0 Å². The summed E-state index contributed by atoms with van der Waals surface area (Å²) in [6, 6.07) is 0. The highest BCUT2D eigenvalue weighted by atomic mass is 28.4. The van der Waals surface area contributed by atoms with E-state index >= 15 is 0 Å². The fourth-order valence-corrected chi connectivity index (χ4v) is 5.04. The summed E-state index contributed by atoms with van der Waals surface area (Å²) in [5.41, 5.74) is 1.02. The molecule has 0 spiro atoms. The first-order valence-electron chi connectivity index (χ1n) is 9.20. The van der Waals surface area contributed by atoms with Crippen LogP contribution in [-0.2, 0) is 8.85 Å². The summed E-state index contributed by atoms with van der Waals surface area (Å²) >= 11 is 0. The first-order chi connectivity index (χ1) is 10.5. The van der Waals surface area contributed by atoms with E-state index in [1.807, 2.05) is 0 Å². The predicted molar refractivity (Wildman–Crippen MR) is 109 cm³/mol. The lowest BCUT2D eigenvalue weighted by Crippen LogP contribution is -2.51. The van der Waals surface area contributed by atoms with Gasteiger partial charge in [-0.2, -0.15) is 0 Å². The summed E-state index contributed by atoms with van der Waals surface area (Å²) < 4.78 is 13.1. The van der Waals surface area contributed by atoms with Crippen molar-refractivity contribution in [2.24, 2.45) is 0 Å².